The van der Waals surface area contributed by atoms with Crippen molar-refractivity contribution in [3.05, 3.63) is 54.2 Å². The van der Waals surface area contributed by atoms with Gasteiger partial charge in [-0.2, -0.15) is 4.98 Å². The Labute approximate surface area is 168 Å². The normalized spacial score (nSPS) is 13.8. The van der Waals surface area contributed by atoms with Crippen molar-refractivity contribution < 1.29 is 18.8 Å². The second-order valence-corrected chi connectivity index (χ2v) is 6.63. The molecule has 3 aromatic rings. The summed E-state index contributed by atoms with van der Waals surface area (Å²) in [5, 5.41) is 4.03. The molecule has 0 saturated carbocycles. The zero-order valence-electron chi connectivity index (χ0n) is 16.4. The van der Waals surface area contributed by atoms with Gasteiger partial charge in [0.25, 0.3) is 5.91 Å². The summed E-state index contributed by atoms with van der Waals surface area (Å²) >= 11 is 0. The molecule has 1 aliphatic rings. The number of hydrogen-bond donors (Lipinski definition) is 0. The monoisotopic (exact) mass is 394 g/mol. The first-order valence-electron chi connectivity index (χ1n) is 9.62. The Kier molecular flexibility index (Phi) is 5.41. The number of amides is 1. The SMILES string of the molecule is CCOc1ccc(C(=O)N2CC(c3nc(-c4ccncc4)no3)C2)cc1OCC. The highest BCUT2D eigenvalue weighted by Crippen LogP contribution is 2.32. The zero-order chi connectivity index (χ0) is 20.2. The molecule has 0 bridgehead atoms. The second-order valence-electron chi connectivity index (χ2n) is 6.63. The van der Waals surface area contributed by atoms with E-state index in [1.54, 1.807) is 35.5 Å². The minimum atomic E-state index is -0.0564. The summed E-state index contributed by atoms with van der Waals surface area (Å²) in [5.74, 6) is 2.27. The molecule has 150 valence electrons. The molecule has 4 rings (SSSR count). The number of carbonyl (C=O) groups is 1. The van der Waals surface area contributed by atoms with Gasteiger partial charge < -0.3 is 18.9 Å². The zero-order valence-corrected chi connectivity index (χ0v) is 16.4. The lowest BCUT2D eigenvalue weighted by molar-refractivity contribution is 0.0568. The fourth-order valence-electron chi connectivity index (χ4n) is 3.19. The van der Waals surface area contributed by atoms with Gasteiger partial charge in [-0.25, -0.2) is 0 Å². The summed E-state index contributed by atoms with van der Waals surface area (Å²) < 4.78 is 16.6. The molecular weight excluding hydrogens is 372 g/mol. The molecule has 8 nitrogen and oxygen atoms in total. The smallest absolute Gasteiger partial charge is 0.254 e. The summed E-state index contributed by atoms with van der Waals surface area (Å²) in [5.41, 5.74) is 1.42. The average molecular weight is 394 g/mol. The van der Waals surface area contributed by atoms with E-state index in [2.05, 4.69) is 15.1 Å². The first kappa shape index (κ1) is 18.9. The van der Waals surface area contributed by atoms with E-state index >= 15 is 0 Å². The van der Waals surface area contributed by atoms with Crippen LogP contribution in [0, 0.1) is 0 Å². The van der Waals surface area contributed by atoms with E-state index in [9.17, 15) is 4.79 Å². The van der Waals surface area contributed by atoms with Crippen molar-refractivity contribution in [1.29, 1.82) is 0 Å². The third-order valence-electron chi connectivity index (χ3n) is 4.69. The molecule has 0 radical (unpaired) electrons. The molecule has 1 aliphatic heterocycles. The van der Waals surface area contributed by atoms with Crippen molar-refractivity contribution in [2.75, 3.05) is 26.3 Å². The maximum atomic E-state index is 12.8. The predicted molar refractivity (Wildman–Crippen MR) is 105 cm³/mol. The highest BCUT2D eigenvalue weighted by Gasteiger charge is 2.36. The average Bonchev–Trinajstić information content (AvgIpc) is 3.19. The number of likely N-dealkylation sites (tertiary alicyclic amines) is 1. The Morgan fingerprint density at radius 2 is 1.83 bits per heavy atom. The van der Waals surface area contributed by atoms with Crippen LogP contribution in [0.4, 0.5) is 0 Å². The van der Waals surface area contributed by atoms with E-state index in [1.165, 1.54) is 0 Å². The second kappa shape index (κ2) is 8.30. The number of nitrogens with zero attached hydrogens (tertiary/aromatic N) is 4. The van der Waals surface area contributed by atoms with Crippen LogP contribution < -0.4 is 9.47 Å². The van der Waals surface area contributed by atoms with Crippen molar-refractivity contribution in [3.8, 4) is 22.9 Å². The molecule has 1 saturated heterocycles. The van der Waals surface area contributed by atoms with E-state index in [4.69, 9.17) is 14.0 Å². The van der Waals surface area contributed by atoms with Gasteiger partial charge in [0.05, 0.1) is 19.1 Å². The summed E-state index contributed by atoms with van der Waals surface area (Å²) in [4.78, 5) is 23.0. The molecule has 1 amide bonds. The highest BCUT2D eigenvalue weighted by atomic mass is 16.5. The van der Waals surface area contributed by atoms with Crippen molar-refractivity contribution in [1.82, 2.24) is 20.0 Å². The van der Waals surface area contributed by atoms with Crippen molar-refractivity contribution >= 4 is 5.91 Å². The van der Waals surface area contributed by atoms with Crippen LogP contribution in [0.3, 0.4) is 0 Å². The molecule has 0 unspecified atom stereocenters. The number of aromatic nitrogens is 3. The third-order valence-corrected chi connectivity index (χ3v) is 4.69. The van der Waals surface area contributed by atoms with Crippen LogP contribution in [0.2, 0.25) is 0 Å². The lowest BCUT2D eigenvalue weighted by Crippen LogP contribution is -2.48. The van der Waals surface area contributed by atoms with Gasteiger partial charge in [0.2, 0.25) is 11.7 Å². The van der Waals surface area contributed by atoms with Gasteiger partial charge in [-0.05, 0) is 44.2 Å². The van der Waals surface area contributed by atoms with Crippen LogP contribution in [0.25, 0.3) is 11.4 Å². The van der Waals surface area contributed by atoms with Gasteiger partial charge in [0, 0.05) is 36.6 Å². The van der Waals surface area contributed by atoms with Gasteiger partial charge in [0.15, 0.2) is 11.5 Å². The van der Waals surface area contributed by atoms with E-state index < -0.39 is 0 Å². The minimum absolute atomic E-state index is 0.0381. The molecule has 1 aromatic carbocycles. The van der Waals surface area contributed by atoms with E-state index in [-0.39, 0.29) is 11.8 Å². The quantitative estimate of drug-likeness (QED) is 0.608. The molecule has 8 heteroatoms. The summed E-state index contributed by atoms with van der Waals surface area (Å²) in [6.07, 6.45) is 3.37. The molecule has 3 heterocycles. The number of carbonyl (C=O) groups excluding carboxylic acids is 1. The van der Waals surface area contributed by atoms with Gasteiger partial charge in [-0.1, -0.05) is 5.16 Å². The number of benzene rings is 1. The van der Waals surface area contributed by atoms with Gasteiger partial charge >= 0.3 is 0 Å². The van der Waals surface area contributed by atoms with Crippen LogP contribution in [0.15, 0.2) is 47.2 Å². The summed E-state index contributed by atoms with van der Waals surface area (Å²) in [7, 11) is 0. The molecule has 2 aromatic heterocycles. The maximum absolute atomic E-state index is 12.8. The molecule has 0 atom stereocenters. The van der Waals surface area contributed by atoms with Crippen molar-refractivity contribution in [2.24, 2.45) is 0 Å². The lowest BCUT2D eigenvalue weighted by Gasteiger charge is -2.37. The number of rotatable bonds is 7. The maximum Gasteiger partial charge on any atom is 0.254 e. The van der Waals surface area contributed by atoms with Gasteiger partial charge in [-0.15, -0.1) is 0 Å². The first-order chi connectivity index (χ1) is 14.2. The standard InChI is InChI=1S/C21H22N4O4/c1-3-27-17-6-5-15(11-18(17)28-4-2)21(26)25-12-16(13-25)20-23-19(24-29-20)14-7-9-22-10-8-14/h5-11,16H,3-4,12-13H2,1-2H3. The molecular formula is C21H22N4O4. The summed E-state index contributed by atoms with van der Waals surface area (Å²) in [6.45, 7) is 5.91. The van der Waals surface area contributed by atoms with E-state index in [0.29, 0.717) is 55.1 Å². The van der Waals surface area contributed by atoms with Crippen LogP contribution in [0.1, 0.15) is 36.0 Å². The van der Waals surface area contributed by atoms with Crippen LogP contribution >= 0.6 is 0 Å². The Morgan fingerprint density at radius 3 is 2.55 bits per heavy atom. The van der Waals surface area contributed by atoms with E-state index in [0.717, 1.165) is 5.56 Å². The third kappa shape index (κ3) is 3.91. The van der Waals surface area contributed by atoms with Crippen LogP contribution in [-0.4, -0.2) is 52.2 Å². The molecule has 0 spiro atoms. The van der Waals surface area contributed by atoms with Crippen molar-refractivity contribution in [2.45, 2.75) is 19.8 Å². The fraction of sp³-hybridized carbons (Fsp3) is 0.333. The predicted octanol–water partition coefficient (Wildman–Crippen LogP) is 3.17. The number of hydrogen-bond acceptors (Lipinski definition) is 7. The highest BCUT2D eigenvalue weighted by molar-refractivity contribution is 5.95. The van der Waals surface area contributed by atoms with E-state index in [1.807, 2.05) is 26.0 Å². The van der Waals surface area contributed by atoms with Crippen LogP contribution in [-0.2, 0) is 0 Å². The number of ether oxygens (including phenoxy) is 2. The van der Waals surface area contributed by atoms with Gasteiger partial charge in [-0.3, -0.25) is 9.78 Å². The number of pyridine rings is 1. The summed E-state index contributed by atoms with van der Waals surface area (Å²) in [6, 6.07) is 8.92. The van der Waals surface area contributed by atoms with Gasteiger partial charge in [0.1, 0.15) is 0 Å². The molecule has 1 fully saturated rings. The largest absolute Gasteiger partial charge is 0.490 e. The van der Waals surface area contributed by atoms with Crippen LogP contribution in [0.5, 0.6) is 11.5 Å². The Hall–Kier alpha value is -3.42. The fourth-order valence-corrected chi connectivity index (χ4v) is 3.19. The minimum Gasteiger partial charge on any atom is -0.490 e. The molecule has 0 N–H and O–H groups in total. The Bertz CT molecular complexity index is 983. The lowest BCUT2D eigenvalue weighted by atomic mass is 9.98. The Balaban J connectivity index is 1.41. The first-order valence-corrected chi connectivity index (χ1v) is 9.62. The topological polar surface area (TPSA) is 90.6 Å². The van der Waals surface area contributed by atoms with Crippen molar-refractivity contribution in [3.63, 3.8) is 0 Å². The Morgan fingerprint density at radius 1 is 1.10 bits per heavy atom. The molecule has 29 heavy (non-hydrogen) atoms. The molecule has 0 aliphatic carbocycles.